The number of ether oxygens (including phenoxy) is 2. The number of carbonyl (C=O) groups is 1. The zero-order chi connectivity index (χ0) is 21.1. The molecule has 1 amide bonds. The number of thioether (sulfide) groups is 1. The van der Waals surface area contributed by atoms with Gasteiger partial charge in [0, 0.05) is 35.3 Å². The molecular formula is C22H24N4O3S. The first-order valence-electron chi connectivity index (χ1n) is 9.79. The van der Waals surface area contributed by atoms with Gasteiger partial charge in [-0.05, 0) is 31.9 Å². The topological polar surface area (TPSA) is 85.4 Å². The van der Waals surface area contributed by atoms with Crippen molar-refractivity contribution in [1.82, 2.24) is 9.97 Å². The molecule has 2 aromatic carbocycles. The average molecular weight is 425 g/mol. The lowest BCUT2D eigenvalue weighted by atomic mass is 10.2. The number of nitrogens with zero attached hydrogens (tertiary/aromatic N) is 2. The van der Waals surface area contributed by atoms with Crippen LogP contribution in [0.15, 0.2) is 47.6 Å². The average Bonchev–Trinajstić information content (AvgIpc) is 3.57. The number of benzene rings is 2. The van der Waals surface area contributed by atoms with Crippen molar-refractivity contribution in [1.29, 1.82) is 0 Å². The number of hydrogen-bond acceptors (Lipinski definition) is 7. The van der Waals surface area contributed by atoms with Crippen molar-refractivity contribution in [3.05, 3.63) is 42.5 Å². The first-order chi connectivity index (χ1) is 14.6. The van der Waals surface area contributed by atoms with Crippen LogP contribution in [0.25, 0.3) is 10.9 Å². The van der Waals surface area contributed by atoms with Gasteiger partial charge in [0.25, 0.3) is 0 Å². The lowest BCUT2D eigenvalue weighted by molar-refractivity contribution is -0.115. The molecule has 30 heavy (non-hydrogen) atoms. The first-order valence-corrected chi connectivity index (χ1v) is 10.7. The smallest absolute Gasteiger partial charge is 0.237 e. The summed E-state index contributed by atoms with van der Waals surface area (Å²) in [6.07, 6.45) is 2.31. The summed E-state index contributed by atoms with van der Waals surface area (Å²) in [6.45, 7) is 1.84. The Balaban J connectivity index is 1.51. The third-order valence-corrected chi connectivity index (χ3v) is 5.73. The van der Waals surface area contributed by atoms with Gasteiger partial charge in [0.15, 0.2) is 5.16 Å². The fourth-order valence-corrected chi connectivity index (χ4v) is 3.75. The van der Waals surface area contributed by atoms with E-state index in [1.165, 1.54) is 11.8 Å². The maximum atomic E-state index is 12.8. The molecule has 156 valence electrons. The van der Waals surface area contributed by atoms with Gasteiger partial charge >= 0.3 is 0 Å². The van der Waals surface area contributed by atoms with Crippen LogP contribution in [0.5, 0.6) is 11.5 Å². The molecule has 1 atom stereocenters. The Morgan fingerprint density at radius 1 is 1.10 bits per heavy atom. The number of hydrogen-bond donors (Lipinski definition) is 2. The van der Waals surface area contributed by atoms with Crippen molar-refractivity contribution in [2.24, 2.45) is 0 Å². The van der Waals surface area contributed by atoms with Gasteiger partial charge in [-0.3, -0.25) is 4.79 Å². The highest BCUT2D eigenvalue weighted by Crippen LogP contribution is 2.31. The van der Waals surface area contributed by atoms with E-state index in [1.807, 2.05) is 31.2 Å². The van der Waals surface area contributed by atoms with Gasteiger partial charge in [0.1, 0.15) is 17.3 Å². The quantitative estimate of drug-likeness (QED) is 0.411. The molecule has 0 spiro atoms. The fourth-order valence-electron chi connectivity index (χ4n) is 2.97. The van der Waals surface area contributed by atoms with Crippen LogP contribution in [0, 0.1) is 0 Å². The van der Waals surface area contributed by atoms with Crippen LogP contribution in [0.4, 0.5) is 11.5 Å². The molecule has 2 N–H and O–H groups in total. The Labute approximate surface area is 179 Å². The van der Waals surface area contributed by atoms with E-state index >= 15 is 0 Å². The summed E-state index contributed by atoms with van der Waals surface area (Å²) in [5.74, 6) is 1.90. The Bertz CT molecular complexity index is 1050. The van der Waals surface area contributed by atoms with E-state index in [-0.39, 0.29) is 5.91 Å². The van der Waals surface area contributed by atoms with Gasteiger partial charge in [-0.2, -0.15) is 0 Å². The van der Waals surface area contributed by atoms with Crippen LogP contribution in [-0.4, -0.2) is 41.4 Å². The van der Waals surface area contributed by atoms with Crippen LogP contribution in [0.3, 0.4) is 0 Å². The molecule has 1 aliphatic rings. The van der Waals surface area contributed by atoms with Crippen molar-refractivity contribution >= 4 is 40.1 Å². The number of nitrogens with one attached hydrogen (secondary N) is 2. The second kappa shape index (κ2) is 8.79. The Hall–Kier alpha value is -3.00. The highest BCUT2D eigenvalue weighted by Gasteiger charge is 2.24. The Morgan fingerprint density at radius 2 is 1.80 bits per heavy atom. The highest BCUT2D eigenvalue weighted by atomic mass is 32.2. The van der Waals surface area contributed by atoms with Gasteiger partial charge in [-0.1, -0.05) is 23.9 Å². The zero-order valence-corrected chi connectivity index (χ0v) is 18.0. The number of anilines is 2. The molecule has 1 aliphatic carbocycles. The van der Waals surface area contributed by atoms with Crippen LogP contribution >= 0.6 is 11.8 Å². The van der Waals surface area contributed by atoms with Crippen molar-refractivity contribution in [3.63, 3.8) is 0 Å². The summed E-state index contributed by atoms with van der Waals surface area (Å²) in [5.41, 5.74) is 1.47. The van der Waals surface area contributed by atoms with E-state index in [2.05, 4.69) is 20.6 Å². The SMILES string of the molecule is COc1cc(NC(=O)C(C)Sc2nc(NC3CC3)c3ccccc3n2)cc(OC)c1. The third kappa shape index (κ3) is 4.76. The Morgan fingerprint density at radius 3 is 2.47 bits per heavy atom. The van der Waals surface area contributed by atoms with E-state index < -0.39 is 5.25 Å². The highest BCUT2D eigenvalue weighted by molar-refractivity contribution is 8.00. The first kappa shape index (κ1) is 20.3. The van der Waals surface area contributed by atoms with Crippen molar-refractivity contribution in [2.75, 3.05) is 24.9 Å². The molecule has 0 saturated heterocycles. The lowest BCUT2D eigenvalue weighted by Gasteiger charge is -2.14. The minimum atomic E-state index is -0.392. The van der Waals surface area contributed by atoms with Gasteiger partial charge in [0.2, 0.25) is 5.91 Å². The van der Waals surface area contributed by atoms with Gasteiger partial charge in [-0.15, -0.1) is 0 Å². The van der Waals surface area contributed by atoms with Crippen LogP contribution in [0.2, 0.25) is 0 Å². The van der Waals surface area contributed by atoms with E-state index in [1.54, 1.807) is 32.4 Å². The largest absolute Gasteiger partial charge is 0.497 e. The molecule has 1 aromatic heterocycles. The molecular weight excluding hydrogens is 400 g/mol. The lowest BCUT2D eigenvalue weighted by Crippen LogP contribution is -2.22. The number of methoxy groups -OCH3 is 2. The molecule has 7 nitrogen and oxygen atoms in total. The molecule has 0 aliphatic heterocycles. The normalized spacial score (nSPS) is 14.2. The molecule has 4 rings (SSSR count). The maximum absolute atomic E-state index is 12.8. The van der Waals surface area contributed by atoms with Crippen LogP contribution in [-0.2, 0) is 4.79 Å². The van der Waals surface area contributed by atoms with Crippen molar-refractivity contribution in [2.45, 2.75) is 36.2 Å². The second-order valence-electron chi connectivity index (χ2n) is 7.14. The number of carbonyl (C=O) groups excluding carboxylic acids is 1. The van der Waals surface area contributed by atoms with Crippen molar-refractivity contribution < 1.29 is 14.3 Å². The standard InChI is InChI=1S/C22H24N4O3S/c1-13(21(27)24-15-10-16(28-2)12-17(11-15)29-3)30-22-25-19-7-5-4-6-18(19)20(26-22)23-14-8-9-14/h4-7,10-14H,8-9H2,1-3H3,(H,24,27)(H,23,25,26). The zero-order valence-electron chi connectivity index (χ0n) is 17.1. The third-order valence-electron chi connectivity index (χ3n) is 4.77. The molecule has 8 heteroatoms. The monoisotopic (exact) mass is 424 g/mol. The number of aromatic nitrogens is 2. The Kier molecular flexibility index (Phi) is 5.94. The number of fused-ring (bicyclic) bond motifs is 1. The van der Waals surface area contributed by atoms with E-state index in [4.69, 9.17) is 9.47 Å². The summed E-state index contributed by atoms with van der Waals surface area (Å²) >= 11 is 1.33. The molecule has 1 unspecified atom stereocenters. The fraction of sp³-hybridized carbons (Fsp3) is 0.318. The summed E-state index contributed by atoms with van der Waals surface area (Å²) in [6, 6.07) is 13.7. The molecule has 3 aromatic rings. The van der Waals surface area contributed by atoms with Crippen molar-refractivity contribution in [3.8, 4) is 11.5 Å². The predicted octanol–water partition coefficient (Wildman–Crippen LogP) is 4.34. The molecule has 1 heterocycles. The molecule has 0 bridgehead atoms. The number of rotatable bonds is 8. The van der Waals surface area contributed by atoms with Crippen LogP contribution < -0.4 is 20.1 Å². The van der Waals surface area contributed by atoms with E-state index in [0.29, 0.717) is 28.4 Å². The van der Waals surface area contributed by atoms with Gasteiger partial charge in [-0.25, -0.2) is 9.97 Å². The van der Waals surface area contributed by atoms with Gasteiger partial charge < -0.3 is 20.1 Å². The maximum Gasteiger partial charge on any atom is 0.237 e. The predicted molar refractivity (Wildman–Crippen MR) is 120 cm³/mol. The summed E-state index contributed by atoms with van der Waals surface area (Å²) in [5, 5.41) is 7.56. The molecule has 1 fully saturated rings. The van der Waals surface area contributed by atoms with Gasteiger partial charge in [0.05, 0.1) is 25.0 Å². The van der Waals surface area contributed by atoms with Crippen LogP contribution in [0.1, 0.15) is 19.8 Å². The molecule has 1 saturated carbocycles. The van der Waals surface area contributed by atoms with E-state index in [0.717, 1.165) is 29.6 Å². The second-order valence-corrected chi connectivity index (χ2v) is 8.45. The number of para-hydroxylation sites is 1. The summed E-state index contributed by atoms with van der Waals surface area (Å²) in [4.78, 5) is 22.1. The summed E-state index contributed by atoms with van der Waals surface area (Å²) < 4.78 is 10.5. The minimum Gasteiger partial charge on any atom is -0.497 e. The summed E-state index contributed by atoms with van der Waals surface area (Å²) in [7, 11) is 3.15. The van der Waals surface area contributed by atoms with E-state index in [9.17, 15) is 4.79 Å². The minimum absolute atomic E-state index is 0.149. The molecule has 0 radical (unpaired) electrons. The number of amides is 1.